The molecule has 0 bridgehead atoms. The molecule has 0 saturated heterocycles. The number of ether oxygens (including phenoxy) is 1. The Balaban J connectivity index is 3.71. The van der Waals surface area contributed by atoms with Gasteiger partial charge in [0.25, 0.3) is 7.82 Å². The third-order valence-electron chi connectivity index (χ3n) is 8.41. The molecule has 53 heavy (non-hydrogen) atoms. The molecule has 0 aromatic heterocycles. The van der Waals surface area contributed by atoms with Crippen molar-refractivity contribution >= 4 is 19.7 Å². The minimum absolute atomic E-state index is 0.00920. The maximum atomic E-state index is 12.0. The summed E-state index contributed by atoms with van der Waals surface area (Å²) >= 11 is 0. The molecule has 9 nitrogen and oxygen atoms in total. The van der Waals surface area contributed by atoms with Crippen LogP contribution in [0.25, 0.3) is 0 Å². The van der Waals surface area contributed by atoms with Gasteiger partial charge in [-0.05, 0) is 77.0 Å². The van der Waals surface area contributed by atoms with Gasteiger partial charge in [-0.3, -0.25) is 14.2 Å². The first-order valence-corrected chi connectivity index (χ1v) is 22.2. The Hall–Kier alpha value is -2.29. The molecule has 0 saturated carbocycles. The summed E-state index contributed by atoms with van der Waals surface area (Å²) in [5.74, 6) is -0.622. The number of esters is 1. The van der Waals surface area contributed by atoms with Crippen molar-refractivity contribution in [3.05, 3.63) is 60.8 Å². The van der Waals surface area contributed by atoms with Crippen molar-refractivity contribution in [3.63, 3.8) is 0 Å². The van der Waals surface area contributed by atoms with E-state index in [0.29, 0.717) is 19.3 Å². The second-order valence-electron chi connectivity index (χ2n) is 13.6. The van der Waals surface area contributed by atoms with Crippen LogP contribution in [0.1, 0.15) is 168 Å². The van der Waals surface area contributed by atoms with Crippen molar-refractivity contribution in [2.24, 2.45) is 0 Å². The van der Waals surface area contributed by atoms with Gasteiger partial charge in [-0.2, -0.15) is 0 Å². The molecule has 0 aromatic carbocycles. The highest BCUT2D eigenvalue weighted by atomic mass is 31.2. The summed E-state index contributed by atoms with van der Waals surface area (Å²) in [5, 5.41) is 12.6. The average molecular weight is 765 g/mol. The summed E-state index contributed by atoms with van der Waals surface area (Å²) in [4.78, 5) is 35.9. The summed E-state index contributed by atoms with van der Waals surface area (Å²) in [7, 11) is -4.68. The normalized spacial score (nSPS) is 14.0. The van der Waals surface area contributed by atoms with Gasteiger partial charge in [0, 0.05) is 19.4 Å². The predicted octanol–water partition coefficient (Wildman–Crippen LogP) is 10.7. The number of carbonyl (C=O) groups excluding carboxylic acids is 2. The van der Waals surface area contributed by atoms with Gasteiger partial charge in [0.05, 0.1) is 13.2 Å². The molecule has 0 aliphatic rings. The van der Waals surface area contributed by atoms with E-state index in [9.17, 15) is 24.2 Å². The van der Waals surface area contributed by atoms with Gasteiger partial charge in [-0.1, -0.05) is 139 Å². The van der Waals surface area contributed by atoms with Crippen LogP contribution >= 0.6 is 7.82 Å². The lowest BCUT2D eigenvalue weighted by atomic mass is 10.1. The molecule has 0 heterocycles. The average Bonchev–Trinajstić information content (AvgIpc) is 3.14. The molecule has 0 aliphatic carbocycles. The zero-order valence-corrected chi connectivity index (χ0v) is 34.3. The van der Waals surface area contributed by atoms with Crippen molar-refractivity contribution in [2.75, 3.05) is 26.4 Å². The summed E-state index contributed by atoms with van der Waals surface area (Å²) in [5.41, 5.74) is 0. The fourth-order valence-corrected chi connectivity index (χ4v) is 5.99. The number of aliphatic hydroxyl groups excluding tert-OH is 1. The minimum Gasteiger partial charge on any atom is -0.756 e. The van der Waals surface area contributed by atoms with Crippen LogP contribution in [-0.2, 0) is 27.9 Å². The van der Waals surface area contributed by atoms with E-state index >= 15 is 0 Å². The SMILES string of the molecule is CCCCC/C=C\C/C=C\C/C=C\C/C=C\CCCC(=O)NCCOP(=O)([O-])OC[C@H](O)COC(=O)CCCCCCC/C=C\CCCCCCCC. The molecule has 2 atom stereocenters. The number of amides is 1. The molecule has 0 spiro atoms. The molecule has 2 N–H and O–H groups in total. The Morgan fingerprint density at radius 3 is 1.64 bits per heavy atom. The van der Waals surface area contributed by atoms with Gasteiger partial charge in [0.15, 0.2) is 0 Å². The van der Waals surface area contributed by atoms with Gasteiger partial charge >= 0.3 is 5.97 Å². The molecule has 0 radical (unpaired) electrons. The maximum Gasteiger partial charge on any atom is 0.305 e. The molecule has 10 heteroatoms. The van der Waals surface area contributed by atoms with Gasteiger partial charge in [-0.25, -0.2) is 0 Å². The van der Waals surface area contributed by atoms with E-state index in [1.54, 1.807) is 0 Å². The Morgan fingerprint density at radius 1 is 0.604 bits per heavy atom. The van der Waals surface area contributed by atoms with Crippen LogP contribution < -0.4 is 10.2 Å². The van der Waals surface area contributed by atoms with Crippen LogP contribution in [0, 0.1) is 0 Å². The van der Waals surface area contributed by atoms with Crippen LogP contribution in [0.3, 0.4) is 0 Å². The van der Waals surface area contributed by atoms with E-state index in [2.05, 4.69) is 84.4 Å². The van der Waals surface area contributed by atoms with Crippen LogP contribution in [-0.4, -0.2) is 49.5 Å². The number of phosphoric acid groups is 1. The summed E-state index contributed by atoms with van der Waals surface area (Å²) < 4.78 is 26.4. The molecular formula is C43H75NO8P-. The first kappa shape index (κ1) is 50.7. The predicted molar refractivity (Wildman–Crippen MR) is 217 cm³/mol. The number of unbranched alkanes of at least 4 members (excludes halogenated alkanes) is 15. The topological polar surface area (TPSA) is 134 Å². The molecule has 0 rings (SSSR count). The van der Waals surface area contributed by atoms with Crippen LogP contribution in [0.5, 0.6) is 0 Å². The van der Waals surface area contributed by atoms with E-state index in [-0.39, 0.29) is 32.1 Å². The zero-order chi connectivity index (χ0) is 38.9. The Kier molecular flexibility index (Phi) is 37.7. The largest absolute Gasteiger partial charge is 0.756 e. The van der Waals surface area contributed by atoms with Crippen LogP contribution in [0.15, 0.2) is 60.8 Å². The fraction of sp³-hybridized carbons (Fsp3) is 0.721. The molecule has 0 fully saturated rings. The van der Waals surface area contributed by atoms with Crippen molar-refractivity contribution in [1.82, 2.24) is 5.32 Å². The molecule has 1 amide bonds. The van der Waals surface area contributed by atoms with E-state index in [0.717, 1.165) is 57.8 Å². The number of hydrogen-bond donors (Lipinski definition) is 2. The van der Waals surface area contributed by atoms with E-state index in [1.807, 2.05) is 0 Å². The summed E-state index contributed by atoms with van der Waals surface area (Å²) in [6.45, 7) is 3.23. The molecule has 0 aromatic rings. The third kappa shape index (κ3) is 40.7. The second kappa shape index (κ2) is 39.4. The first-order valence-electron chi connectivity index (χ1n) is 20.8. The van der Waals surface area contributed by atoms with Crippen molar-refractivity contribution in [2.45, 2.75) is 174 Å². The maximum absolute atomic E-state index is 12.0. The molecule has 0 aliphatic heterocycles. The quantitative estimate of drug-likeness (QED) is 0.0275. The van der Waals surface area contributed by atoms with Crippen molar-refractivity contribution in [1.29, 1.82) is 0 Å². The number of carbonyl (C=O) groups is 2. The van der Waals surface area contributed by atoms with Gasteiger partial charge in [0.1, 0.15) is 12.7 Å². The van der Waals surface area contributed by atoms with Gasteiger partial charge in [0.2, 0.25) is 5.91 Å². The number of rotatable bonds is 38. The lowest BCUT2D eigenvalue weighted by molar-refractivity contribution is -0.227. The van der Waals surface area contributed by atoms with Crippen molar-refractivity contribution in [3.8, 4) is 0 Å². The first-order chi connectivity index (χ1) is 25.8. The Labute approximate surface area is 323 Å². The van der Waals surface area contributed by atoms with E-state index in [1.165, 1.54) is 70.6 Å². The van der Waals surface area contributed by atoms with Crippen LogP contribution in [0.2, 0.25) is 0 Å². The minimum atomic E-state index is -4.68. The lowest BCUT2D eigenvalue weighted by Crippen LogP contribution is -2.28. The highest BCUT2D eigenvalue weighted by Crippen LogP contribution is 2.37. The van der Waals surface area contributed by atoms with Crippen molar-refractivity contribution < 1.29 is 37.9 Å². The number of aliphatic hydroxyl groups is 1. The number of nitrogens with one attached hydrogen (secondary N) is 1. The monoisotopic (exact) mass is 765 g/mol. The standard InChI is InChI=1S/C43H76NO8P/c1-3-5-7-9-11-13-15-17-19-20-22-23-25-27-29-31-33-35-42(46)44-37-38-51-53(48,49)52-40-41(45)39-50-43(47)36-34-32-30-28-26-24-21-18-16-14-12-10-8-6-4-2/h11,13,17-19,21-23,27,29,41,45H,3-10,12,14-16,20,24-26,28,30-40H2,1-2H3,(H,44,46)(H,48,49)/p-1/b13-11-,19-17-,21-18-,23-22-,29-27-/t41-/m1/s1. The highest BCUT2D eigenvalue weighted by Gasteiger charge is 2.15. The zero-order valence-electron chi connectivity index (χ0n) is 33.4. The summed E-state index contributed by atoms with van der Waals surface area (Å²) in [6.07, 6.45) is 45.6. The molecular weight excluding hydrogens is 689 g/mol. The fourth-order valence-electron chi connectivity index (χ4n) is 5.24. The van der Waals surface area contributed by atoms with E-state index < -0.39 is 26.5 Å². The third-order valence-corrected chi connectivity index (χ3v) is 9.37. The number of phosphoric ester groups is 1. The highest BCUT2D eigenvalue weighted by molar-refractivity contribution is 7.45. The number of hydrogen-bond acceptors (Lipinski definition) is 8. The summed E-state index contributed by atoms with van der Waals surface area (Å²) in [6, 6.07) is 0. The molecule has 306 valence electrons. The van der Waals surface area contributed by atoms with Gasteiger partial charge in [-0.15, -0.1) is 0 Å². The smallest absolute Gasteiger partial charge is 0.305 e. The van der Waals surface area contributed by atoms with E-state index in [4.69, 9.17) is 9.26 Å². The molecule has 1 unspecified atom stereocenters. The Bertz CT molecular complexity index is 1050. The lowest BCUT2D eigenvalue weighted by Gasteiger charge is -2.24. The second-order valence-corrected chi connectivity index (χ2v) is 15.0. The van der Waals surface area contributed by atoms with Gasteiger partial charge < -0.3 is 29.1 Å². The van der Waals surface area contributed by atoms with Crippen LogP contribution in [0.4, 0.5) is 0 Å². The number of allylic oxidation sites excluding steroid dienone is 10. The Morgan fingerprint density at radius 2 is 1.06 bits per heavy atom.